The zero-order valence-electron chi connectivity index (χ0n) is 4.80. The molecule has 8 heavy (non-hydrogen) atoms. The van der Waals surface area contributed by atoms with Crippen LogP contribution in [0, 0.1) is 5.92 Å². The van der Waals surface area contributed by atoms with Crippen LogP contribution in [-0.2, 0) is 9.47 Å². The van der Waals surface area contributed by atoms with Gasteiger partial charge in [0, 0.05) is 5.92 Å². The lowest BCUT2D eigenvalue weighted by molar-refractivity contribution is -0.115. The number of hydrogen-bond acceptors (Lipinski definition) is 2. The molecule has 0 aromatic rings. The Labute approximate surface area is 49.1 Å². The van der Waals surface area contributed by atoms with E-state index >= 15 is 0 Å². The summed E-state index contributed by atoms with van der Waals surface area (Å²) in [4.78, 5) is 0. The fourth-order valence-electron chi connectivity index (χ4n) is 0.642. The van der Waals surface area contributed by atoms with Crippen molar-refractivity contribution < 1.29 is 9.47 Å². The van der Waals surface area contributed by atoms with Crippen LogP contribution < -0.4 is 0 Å². The van der Waals surface area contributed by atoms with Crippen LogP contribution in [0.4, 0.5) is 0 Å². The van der Waals surface area contributed by atoms with Gasteiger partial charge in [-0.05, 0) is 0 Å². The lowest BCUT2D eigenvalue weighted by Gasteiger charge is -2.18. The molecule has 2 nitrogen and oxygen atoms in total. The maximum atomic E-state index is 4.98. The third kappa shape index (κ3) is 1.32. The second-order valence-electron chi connectivity index (χ2n) is 1.86. The Bertz CT molecular complexity index is 74.6. The van der Waals surface area contributed by atoms with Gasteiger partial charge < -0.3 is 9.47 Å². The van der Waals surface area contributed by atoms with Gasteiger partial charge in [0.25, 0.3) is 0 Å². The van der Waals surface area contributed by atoms with E-state index < -0.39 is 0 Å². The highest BCUT2D eigenvalue weighted by Gasteiger charge is 2.08. The average Bonchev–Trinajstić information content (AvgIpc) is 1.90. The SMILES string of the molecule is C=CC1COCOC1. The van der Waals surface area contributed by atoms with Gasteiger partial charge in [0.05, 0.1) is 13.2 Å². The van der Waals surface area contributed by atoms with E-state index in [9.17, 15) is 0 Å². The van der Waals surface area contributed by atoms with Gasteiger partial charge in [-0.2, -0.15) is 0 Å². The monoisotopic (exact) mass is 114 g/mol. The first-order valence-electron chi connectivity index (χ1n) is 2.71. The summed E-state index contributed by atoms with van der Waals surface area (Å²) >= 11 is 0. The van der Waals surface area contributed by atoms with Crippen LogP contribution in [0.5, 0.6) is 0 Å². The quantitative estimate of drug-likeness (QED) is 0.469. The first-order valence-corrected chi connectivity index (χ1v) is 2.71. The summed E-state index contributed by atoms with van der Waals surface area (Å²) in [5, 5.41) is 0. The maximum Gasteiger partial charge on any atom is 0.146 e. The molecule has 0 aromatic carbocycles. The summed E-state index contributed by atoms with van der Waals surface area (Å²) in [5.41, 5.74) is 0. The van der Waals surface area contributed by atoms with E-state index in [1.165, 1.54) is 0 Å². The Balaban J connectivity index is 2.22. The molecule has 0 unspecified atom stereocenters. The van der Waals surface area contributed by atoms with Crippen molar-refractivity contribution in [2.75, 3.05) is 20.0 Å². The summed E-state index contributed by atoms with van der Waals surface area (Å²) in [6.45, 7) is 5.61. The highest BCUT2D eigenvalue weighted by molar-refractivity contribution is 4.78. The molecule has 0 saturated carbocycles. The van der Waals surface area contributed by atoms with Gasteiger partial charge in [0.1, 0.15) is 6.79 Å². The molecule has 0 amide bonds. The Morgan fingerprint density at radius 2 is 2.00 bits per heavy atom. The summed E-state index contributed by atoms with van der Waals surface area (Å²) < 4.78 is 9.96. The van der Waals surface area contributed by atoms with Crippen molar-refractivity contribution in [2.45, 2.75) is 0 Å². The average molecular weight is 114 g/mol. The van der Waals surface area contributed by atoms with Crippen molar-refractivity contribution >= 4 is 0 Å². The third-order valence-electron chi connectivity index (χ3n) is 1.16. The molecule has 2 heteroatoms. The highest BCUT2D eigenvalue weighted by Crippen LogP contribution is 2.04. The van der Waals surface area contributed by atoms with Crippen LogP contribution in [0.15, 0.2) is 12.7 Å². The largest absolute Gasteiger partial charge is 0.355 e. The zero-order valence-corrected chi connectivity index (χ0v) is 4.80. The summed E-state index contributed by atoms with van der Waals surface area (Å²) in [6.07, 6.45) is 1.86. The standard InChI is InChI=1S/C6H10O2/c1-2-6-3-7-5-8-4-6/h2,6H,1,3-5H2. The second-order valence-corrected chi connectivity index (χ2v) is 1.86. The predicted octanol–water partition coefficient (Wildman–Crippen LogP) is 0.793. The molecule has 1 rings (SSSR count). The summed E-state index contributed by atoms with van der Waals surface area (Å²) in [6, 6.07) is 0. The highest BCUT2D eigenvalue weighted by atomic mass is 16.7. The normalized spacial score (nSPS) is 23.0. The van der Waals surface area contributed by atoms with Crippen LogP contribution in [0.1, 0.15) is 0 Å². The van der Waals surface area contributed by atoms with Crippen LogP contribution in [-0.4, -0.2) is 20.0 Å². The Morgan fingerprint density at radius 1 is 1.38 bits per heavy atom. The third-order valence-corrected chi connectivity index (χ3v) is 1.16. The molecule has 0 aromatic heterocycles. The molecule has 1 fully saturated rings. The van der Waals surface area contributed by atoms with Crippen LogP contribution >= 0.6 is 0 Å². The molecule has 0 spiro atoms. The topological polar surface area (TPSA) is 18.5 Å². The van der Waals surface area contributed by atoms with E-state index in [1.54, 1.807) is 0 Å². The maximum absolute atomic E-state index is 4.98. The summed E-state index contributed by atoms with van der Waals surface area (Å²) in [7, 11) is 0. The smallest absolute Gasteiger partial charge is 0.146 e. The van der Waals surface area contributed by atoms with E-state index in [-0.39, 0.29) is 0 Å². The Hall–Kier alpha value is -0.340. The van der Waals surface area contributed by atoms with Crippen molar-refractivity contribution in [1.82, 2.24) is 0 Å². The molecular weight excluding hydrogens is 104 g/mol. The Kier molecular flexibility index (Phi) is 2.06. The number of ether oxygens (including phenoxy) is 2. The van der Waals surface area contributed by atoms with E-state index in [4.69, 9.17) is 9.47 Å². The molecule has 46 valence electrons. The predicted molar refractivity (Wildman–Crippen MR) is 30.5 cm³/mol. The fraction of sp³-hybridized carbons (Fsp3) is 0.667. The number of hydrogen-bond donors (Lipinski definition) is 0. The minimum absolute atomic E-state index is 0.406. The van der Waals surface area contributed by atoms with Gasteiger partial charge in [0.15, 0.2) is 0 Å². The molecule has 1 saturated heterocycles. The van der Waals surface area contributed by atoms with E-state index in [0.29, 0.717) is 12.7 Å². The minimum atomic E-state index is 0.406. The molecular formula is C6H10O2. The first kappa shape index (κ1) is 5.79. The van der Waals surface area contributed by atoms with Crippen LogP contribution in [0.25, 0.3) is 0 Å². The van der Waals surface area contributed by atoms with Crippen molar-refractivity contribution in [1.29, 1.82) is 0 Å². The Morgan fingerprint density at radius 3 is 2.38 bits per heavy atom. The lowest BCUT2D eigenvalue weighted by Crippen LogP contribution is -2.21. The molecule has 1 heterocycles. The van der Waals surface area contributed by atoms with Crippen molar-refractivity contribution in [3.8, 4) is 0 Å². The van der Waals surface area contributed by atoms with Crippen molar-refractivity contribution in [3.63, 3.8) is 0 Å². The van der Waals surface area contributed by atoms with E-state index in [0.717, 1.165) is 13.2 Å². The second kappa shape index (κ2) is 2.84. The fourth-order valence-corrected chi connectivity index (χ4v) is 0.642. The molecule has 0 bridgehead atoms. The van der Waals surface area contributed by atoms with Crippen LogP contribution in [0.2, 0.25) is 0 Å². The zero-order chi connectivity index (χ0) is 5.82. The minimum Gasteiger partial charge on any atom is -0.355 e. The first-order chi connectivity index (χ1) is 3.93. The lowest BCUT2D eigenvalue weighted by atomic mass is 10.2. The van der Waals surface area contributed by atoms with Gasteiger partial charge in [-0.15, -0.1) is 6.58 Å². The van der Waals surface area contributed by atoms with Crippen LogP contribution in [0.3, 0.4) is 0 Å². The van der Waals surface area contributed by atoms with Crippen molar-refractivity contribution in [3.05, 3.63) is 12.7 Å². The molecule has 0 aliphatic carbocycles. The van der Waals surface area contributed by atoms with Gasteiger partial charge in [-0.25, -0.2) is 0 Å². The molecule has 1 aliphatic heterocycles. The molecule has 0 radical (unpaired) electrons. The van der Waals surface area contributed by atoms with Crippen molar-refractivity contribution in [2.24, 2.45) is 5.92 Å². The number of rotatable bonds is 1. The van der Waals surface area contributed by atoms with Gasteiger partial charge in [-0.3, -0.25) is 0 Å². The van der Waals surface area contributed by atoms with E-state index in [2.05, 4.69) is 6.58 Å². The summed E-state index contributed by atoms with van der Waals surface area (Å²) in [5.74, 6) is 0.406. The van der Waals surface area contributed by atoms with Gasteiger partial charge in [0.2, 0.25) is 0 Å². The van der Waals surface area contributed by atoms with E-state index in [1.807, 2.05) is 6.08 Å². The van der Waals surface area contributed by atoms with Gasteiger partial charge >= 0.3 is 0 Å². The molecule has 1 aliphatic rings. The molecule has 0 N–H and O–H groups in total. The molecule has 0 atom stereocenters. The van der Waals surface area contributed by atoms with Gasteiger partial charge in [-0.1, -0.05) is 6.08 Å².